The molecule has 20 heavy (non-hydrogen) atoms. The van der Waals surface area contributed by atoms with Crippen LogP contribution in [0, 0.1) is 0 Å². The first kappa shape index (κ1) is 14.9. The molecule has 3 rings (SSSR count). The molecule has 0 unspecified atom stereocenters. The minimum Gasteiger partial charge on any atom is -0.255 e. The van der Waals surface area contributed by atoms with E-state index >= 15 is 0 Å². The second-order valence-corrected chi connectivity index (χ2v) is 3.99. The van der Waals surface area contributed by atoms with Crippen LogP contribution in [0.25, 0.3) is 22.6 Å². The van der Waals surface area contributed by atoms with Crippen LogP contribution in [0.5, 0.6) is 0 Å². The fourth-order valence-corrected chi connectivity index (χ4v) is 1.86. The third-order valence-electron chi connectivity index (χ3n) is 2.75. The Hall–Kier alpha value is -1.50. The number of pyridine rings is 2. The third kappa shape index (κ3) is 3.75. The van der Waals surface area contributed by atoms with Gasteiger partial charge < -0.3 is 0 Å². The maximum absolute atomic E-state index is 4.65. The number of halogens is 1. The van der Waals surface area contributed by atoms with Gasteiger partial charge in [-0.15, -0.1) is 0 Å². The van der Waals surface area contributed by atoms with E-state index in [2.05, 4.69) is 31.5 Å². The van der Waals surface area contributed by atoms with Gasteiger partial charge in [0.05, 0.1) is 17.1 Å². The van der Waals surface area contributed by atoms with Crippen LogP contribution < -0.4 is 0 Å². The molecular weight excluding hydrogens is 451 g/mol. The van der Waals surface area contributed by atoms with Gasteiger partial charge >= 0.3 is 28.2 Å². The number of aromatic nitrogens is 2. The minimum absolute atomic E-state index is 0.898. The van der Waals surface area contributed by atoms with Crippen molar-refractivity contribution in [3.63, 3.8) is 0 Å². The molecule has 103 valence electrons. The van der Waals surface area contributed by atoms with Crippen molar-refractivity contribution in [2.24, 2.45) is 0 Å². The molecule has 1 aromatic carbocycles. The summed E-state index contributed by atoms with van der Waals surface area (Å²) in [5.41, 5.74) is 3.89. The van der Waals surface area contributed by atoms with E-state index in [9.17, 15) is 0 Å². The van der Waals surface area contributed by atoms with Crippen LogP contribution >= 0.6 is 9.42 Å². The molecule has 0 aliphatic rings. The van der Waals surface area contributed by atoms with Gasteiger partial charge in [0.15, 0.2) is 0 Å². The Bertz CT molecular complexity index is 590. The van der Waals surface area contributed by atoms with E-state index in [0.717, 1.165) is 22.6 Å². The number of nitrogens with zero attached hydrogens (tertiary/aromatic N) is 2. The van der Waals surface area contributed by atoms with Crippen molar-refractivity contribution < 1.29 is 18.8 Å². The zero-order chi connectivity index (χ0) is 14.2. The summed E-state index contributed by atoms with van der Waals surface area (Å²) >= 11 is 1.61. The molecule has 0 N–H and O–H groups in total. The third-order valence-corrected chi connectivity index (χ3v) is 2.75. The van der Waals surface area contributed by atoms with Gasteiger partial charge in [0.2, 0.25) is 0 Å². The topological polar surface area (TPSA) is 25.8 Å². The average molecular weight is 463 g/mol. The monoisotopic (exact) mass is 462 g/mol. The molecular formula is C16H12ClN2Pt. The van der Waals surface area contributed by atoms with Gasteiger partial charge in [0.1, 0.15) is 0 Å². The second kappa shape index (κ2) is 7.94. The maximum atomic E-state index is 4.65. The van der Waals surface area contributed by atoms with E-state index in [1.54, 1.807) is 25.0 Å². The van der Waals surface area contributed by atoms with Crippen molar-refractivity contribution in [3.8, 4) is 22.6 Å². The first-order valence-electron chi connectivity index (χ1n) is 5.99. The number of rotatable bonds is 2. The van der Waals surface area contributed by atoms with Crippen LogP contribution in [0.3, 0.4) is 0 Å². The Labute approximate surface area is 133 Å². The van der Waals surface area contributed by atoms with Crippen molar-refractivity contribution in [1.29, 1.82) is 0 Å². The molecule has 0 saturated carbocycles. The van der Waals surface area contributed by atoms with Crippen molar-refractivity contribution in [2.75, 3.05) is 0 Å². The van der Waals surface area contributed by atoms with Crippen LogP contribution in [0.1, 0.15) is 0 Å². The molecule has 2 nitrogen and oxygen atoms in total. The van der Waals surface area contributed by atoms with E-state index in [4.69, 9.17) is 0 Å². The van der Waals surface area contributed by atoms with Crippen molar-refractivity contribution in [2.45, 2.75) is 0 Å². The summed E-state index contributed by atoms with van der Waals surface area (Å²) in [6.45, 7) is 0. The van der Waals surface area contributed by atoms with E-state index in [1.807, 2.05) is 54.6 Å². The van der Waals surface area contributed by atoms with Gasteiger partial charge in [0, 0.05) is 11.8 Å². The number of hydrogen-bond acceptors (Lipinski definition) is 2. The Balaban J connectivity index is 0.000000704. The molecule has 0 fully saturated rings. The first-order valence-corrected chi connectivity index (χ1v) is 8.81. The SMILES string of the molecule is [Cl][Pt].c1ccc(-c2cccc(-c3ccccn3)n2)cc1. The van der Waals surface area contributed by atoms with Crippen LogP contribution in [0.15, 0.2) is 72.9 Å². The summed E-state index contributed by atoms with van der Waals surface area (Å²) in [5, 5.41) is 0. The van der Waals surface area contributed by atoms with Crippen molar-refractivity contribution >= 4 is 9.42 Å². The Morgan fingerprint density at radius 3 is 2.00 bits per heavy atom. The first-order chi connectivity index (χ1) is 9.93. The largest absolute Gasteiger partial charge is 0.255 e. The van der Waals surface area contributed by atoms with Gasteiger partial charge in [-0.25, -0.2) is 4.98 Å². The standard InChI is InChI=1S/C16H12N2.ClH.Pt/c1-2-7-13(8-3-1)14-10-6-11-16(18-14)15-9-4-5-12-17-15;;/h1-12H;1H;/q;;+1/p-1. The molecule has 0 spiro atoms. The molecule has 0 amide bonds. The van der Waals surface area contributed by atoms with Crippen molar-refractivity contribution in [1.82, 2.24) is 9.97 Å². The van der Waals surface area contributed by atoms with Crippen molar-refractivity contribution in [3.05, 3.63) is 72.9 Å². The fourth-order valence-electron chi connectivity index (χ4n) is 1.86. The molecule has 0 atom stereocenters. The summed E-state index contributed by atoms with van der Waals surface area (Å²) < 4.78 is 0. The molecule has 4 heteroatoms. The average Bonchev–Trinajstić information content (AvgIpc) is 2.58. The zero-order valence-corrected chi connectivity index (χ0v) is 13.5. The second-order valence-electron chi connectivity index (χ2n) is 3.99. The number of benzene rings is 1. The van der Waals surface area contributed by atoms with E-state index in [-0.39, 0.29) is 0 Å². The predicted molar refractivity (Wildman–Crippen MR) is 78.8 cm³/mol. The normalized spacial score (nSPS) is 9.55. The summed E-state index contributed by atoms with van der Waals surface area (Å²) in [7, 11) is 4.61. The smallest absolute Gasteiger partial charge is 0.0893 e. The van der Waals surface area contributed by atoms with Crippen LogP contribution in [0.2, 0.25) is 0 Å². The summed E-state index contributed by atoms with van der Waals surface area (Å²) in [6.07, 6.45) is 1.78. The van der Waals surface area contributed by atoms with Gasteiger partial charge in [0.25, 0.3) is 0 Å². The van der Waals surface area contributed by atoms with Gasteiger partial charge in [-0.3, -0.25) is 4.98 Å². The molecule has 0 bridgehead atoms. The molecule has 0 aliphatic carbocycles. The van der Waals surface area contributed by atoms with E-state index in [0.29, 0.717) is 0 Å². The maximum Gasteiger partial charge on any atom is 0.0893 e. The van der Waals surface area contributed by atoms with Gasteiger partial charge in [-0.05, 0) is 24.3 Å². The molecule has 0 radical (unpaired) electrons. The van der Waals surface area contributed by atoms with Crippen LogP contribution in [0.4, 0.5) is 0 Å². The summed E-state index contributed by atoms with van der Waals surface area (Å²) in [6, 6.07) is 22.0. The number of hydrogen-bond donors (Lipinski definition) is 0. The predicted octanol–water partition coefficient (Wildman–Crippen LogP) is 4.50. The molecule has 2 heterocycles. The van der Waals surface area contributed by atoms with Crippen LogP contribution in [-0.4, -0.2) is 9.97 Å². The molecule has 0 aliphatic heterocycles. The zero-order valence-electron chi connectivity index (χ0n) is 10.5. The summed E-state index contributed by atoms with van der Waals surface area (Å²) in [4.78, 5) is 8.97. The Kier molecular flexibility index (Phi) is 5.91. The Morgan fingerprint density at radius 1 is 0.650 bits per heavy atom. The van der Waals surface area contributed by atoms with E-state index < -0.39 is 0 Å². The quantitative estimate of drug-likeness (QED) is 0.560. The van der Waals surface area contributed by atoms with Gasteiger partial charge in [-0.1, -0.05) is 42.5 Å². The molecule has 3 aromatic rings. The molecule has 2 aromatic heterocycles. The Morgan fingerprint density at radius 2 is 1.30 bits per heavy atom. The fraction of sp³-hybridized carbons (Fsp3) is 0. The van der Waals surface area contributed by atoms with E-state index in [1.165, 1.54) is 0 Å². The summed E-state index contributed by atoms with van der Waals surface area (Å²) in [5.74, 6) is 0. The minimum atomic E-state index is 0.898. The molecule has 0 saturated heterocycles. The van der Waals surface area contributed by atoms with Crippen LogP contribution in [-0.2, 0) is 18.8 Å². The van der Waals surface area contributed by atoms with Gasteiger partial charge in [-0.2, -0.15) is 0 Å².